The summed E-state index contributed by atoms with van der Waals surface area (Å²) in [5.74, 6) is -0.338. The maximum absolute atomic E-state index is 12.4. The first-order valence-electron chi connectivity index (χ1n) is 6.34. The maximum Gasteiger partial charge on any atom is 0.312 e. The van der Waals surface area contributed by atoms with Crippen molar-refractivity contribution in [3.8, 4) is 0 Å². The van der Waals surface area contributed by atoms with Crippen LogP contribution in [-0.2, 0) is 9.53 Å². The van der Waals surface area contributed by atoms with E-state index in [1.54, 1.807) is 0 Å². The molecule has 0 bridgehead atoms. The molecule has 1 atom stereocenters. The van der Waals surface area contributed by atoms with Crippen LogP contribution in [0.1, 0.15) is 48.5 Å². The van der Waals surface area contributed by atoms with Crippen molar-refractivity contribution in [1.82, 2.24) is 0 Å². The third-order valence-corrected chi connectivity index (χ3v) is 4.03. The lowest BCUT2D eigenvalue weighted by Gasteiger charge is -2.48. The van der Waals surface area contributed by atoms with Crippen molar-refractivity contribution in [3.05, 3.63) is 0 Å². The first-order chi connectivity index (χ1) is 7.88. The van der Waals surface area contributed by atoms with Crippen molar-refractivity contribution in [2.75, 3.05) is 13.2 Å². The van der Waals surface area contributed by atoms with Gasteiger partial charge in [-0.05, 0) is 17.8 Å². The average molecular weight is 260 g/mol. The monoisotopic (exact) mass is 260 g/mol. The Kier molecular flexibility index (Phi) is 5.39. The Morgan fingerprint density at radius 1 is 1.06 bits per heavy atom. The molecular formula is C14H28O4. The van der Waals surface area contributed by atoms with E-state index in [9.17, 15) is 9.90 Å². The van der Waals surface area contributed by atoms with Gasteiger partial charge in [0.1, 0.15) is 12.7 Å². The minimum atomic E-state index is -1.02. The van der Waals surface area contributed by atoms with E-state index < -0.39 is 18.1 Å². The normalized spacial score (nSPS) is 15.4. The van der Waals surface area contributed by atoms with Crippen LogP contribution in [0.4, 0.5) is 0 Å². The van der Waals surface area contributed by atoms with Crippen LogP contribution in [-0.4, -0.2) is 35.5 Å². The molecule has 4 heteroatoms. The first kappa shape index (κ1) is 17.4. The smallest absolute Gasteiger partial charge is 0.312 e. The van der Waals surface area contributed by atoms with Gasteiger partial charge >= 0.3 is 5.97 Å². The number of esters is 1. The predicted molar refractivity (Wildman–Crippen MR) is 71.1 cm³/mol. The Balaban J connectivity index is 5.08. The standard InChI is InChI=1S/C14H28O4/c1-12(2,3)14(7,13(4,5)6)11(17)18-9-10(16)8-15/h10,15-16H,8-9H2,1-7H3. The molecule has 0 radical (unpaired) electrons. The molecule has 0 spiro atoms. The van der Waals surface area contributed by atoms with E-state index in [1.165, 1.54) is 0 Å². The Labute approximate surface area is 110 Å². The fraction of sp³-hybridized carbons (Fsp3) is 0.929. The van der Waals surface area contributed by atoms with Gasteiger partial charge in [-0.2, -0.15) is 0 Å². The summed E-state index contributed by atoms with van der Waals surface area (Å²) in [6.45, 7) is 13.3. The van der Waals surface area contributed by atoms with Gasteiger partial charge in [-0.1, -0.05) is 41.5 Å². The first-order valence-corrected chi connectivity index (χ1v) is 6.34. The Hall–Kier alpha value is -0.610. The average Bonchev–Trinajstić information content (AvgIpc) is 2.20. The molecule has 0 aromatic rings. The molecular weight excluding hydrogens is 232 g/mol. The van der Waals surface area contributed by atoms with Gasteiger partial charge in [0.2, 0.25) is 0 Å². The Morgan fingerprint density at radius 3 is 1.72 bits per heavy atom. The Morgan fingerprint density at radius 2 is 1.44 bits per heavy atom. The predicted octanol–water partition coefficient (Wildman–Crippen LogP) is 1.98. The zero-order valence-corrected chi connectivity index (χ0v) is 12.7. The van der Waals surface area contributed by atoms with Crippen molar-refractivity contribution in [2.45, 2.75) is 54.6 Å². The molecule has 0 aliphatic carbocycles. The number of rotatable bonds is 4. The van der Waals surface area contributed by atoms with Gasteiger partial charge in [0, 0.05) is 0 Å². The highest BCUT2D eigenvalue weighted by atomic mass is 16.5. The maximum atomic E-state index is 12.4. The molecule has 0 aliphatic rings. The molecule has 0 aromatic carbocycles. The van der Waals surface area contributed by atoms with E-state index in [1.807, 2.05) is 48.5 Å². The quantitative estimate of drug-likeness (QED) is 0.759. The second kappa shape index (κ2) is 5.57. The lowest BCUT2D eigenvalue weighted by Crippen LogP contribution is -2.51. The van der Waals surface area contributed by atoms with Gasteiger partial charge in [-0.25, -0.2) is 0 Å². The molecule has 0 rings (SSSR count). The summed E-state index contributed by atoms with van der Waals surface area (Å²) in [5, 5.41) is 18.0. The lowest BCUT2D eigenvalue weighted by molar-refractivity contribution is -0.176. The van der Waals surface area contributed by atoms with Crippen LogP contribution < -0.4 is 0 Å². The van der Waals surface area contributed by atoms with Crippen molar-refractivity contribution >= 4 is 5.97 Å². The second-order valence-electron chi connectivity index (χ2n) is 7.06. The second-order valence-corrected chi connectivity index (χ2v) is 7.06. The SMILES string of the molecule is CC(C)(C)C(C)(C(=O)OCC(O)CO)C(C)(C)C. The highest BCUT2D eigenvalue weighted by molar-refractivity contribution is 5.78. The summed E-state index contributed by atoms with van der Waals surface area (Å²) in [6.07, 6.45) is -1.02. The molecule has 0 fully saturated rings. The van der Waals surface area contributed by atoms with E-state index in [2.05, 4.69) is 0 Å². The third kappa shape index (κ3) is 3.45. The lowest BCUT2D eigenvalue weighted by atomic mass is 9.55. The molecule has 0 saturated heterocycles. The third-order valence-electron chi connectivity index (χ3n) is 4.03. The molecule has 0 amide bonds. The number of ether oxygens (including phenoxy) is 1. The van der Waals surface area contributed by atoms with Crippen LogP contribution in [0, 0.1) is 16.2 Å². The van der Waals surface area contributed by atoms with Crippen LogP contribution in [0.3, 0.4) is 0 Å². The summed E-state index contributed by atoms with van der Waals surface area (Å²) in [6, 6.07) is 0. The number of carbonyl (C=O) groups is 1. The zero-order chi connectivity index (χ0) is 14.8. The molecule has 2 N–H and O–H groups in total. The molecule has 108 valence electrons. The topological polar surface area (TPSA) is 66.8 Å². The molecule has 4 nitrogen and oxygen atoms in total. The van der Waals surface area contributed by atoms with Crippen molar-refractivity contribution in [2.24, 2.45) is 16.2 Å². The van der Waals surface area contributed by atoms with Gasteiger partial charge in [-0.3, -0.25) is 4.79 Å². The minimum Gasteiger partial charge on any atom is -0.462 e. The van der Waals surface area contributed by atoms with Crippen LogP contribution in [0.2, 0.25) is 0 Å². The van der Waals surface area contributed by atoms with E-state index in [0.29, 0.717) is 0 Å². The van der Waals surface area contributed by atoms with E-state index in [-0.39, 0.29) is 23.4 Å². The van der Waals surface area contributed by atoms with E-state index in [4.69, 9.17) is 9.84 Å². The summed E-state index contributed by atoms with van der Waals surface area (Å²) in [4.78, 5) is 12.4. The minimum absolute atomic E-state index is 0.170. The molecule has 1 unspecified atom stereocenters. The van der Waals surface area contributed by atoms with E-state index >= 15 is 0 Å². The van der Waals surface area contributed by atoms with Crippen LogP contribution in [0.5, 0.6) is 0 Å². The summed E-state index contributed by atoms with van der Waals surface area (Å²) < 4.78 is 5.16. The zero-order valence-electron chi connectivity index (χ0n) is 12.7. The number of hydrogen-bond acceptors (Lipinski definition) is 4. The molecule has 0 aliphatic heterocycles. The summed E-state index contributed by atoms with van der Waals surface area (Å²) in [5.41, 5.74) is -1.23. The Bertz CT molecular complexity index is 269. The fourth-order valence-corrected chi connectivity index (χ4v) is 2.11. The fourth-order valence-electron chi connectivity index (χ4n) is 2.11. The highest BCUT2D eigenvalue weighted by Gasteiger charge is 2.53. The molecule has 0 heterocycles. The number of aliphatic hydroxyl groups is 2. The van der Waals surface area contributed by atoms with Crippen molar-refractivity contribution in [3.63, 3.8) is 0 Å². The van der Waals surface area contributed by atoms with Gasteiger partial charge in [0.15, 0.2) is 0 Å². The van der Waals surface area contributed by atoms with Gasteiger partial charge in [0.25, 0.3) is 0 Å². The molecule has 0 aromatic heterocycles. The largest absolute Gasteiger partial charge is 0.462 e. The molecule has 0 saturated carbocycles. The van der Waals surface area contributed by atoms with Gasteiger partial charge in [-0.15, -0.1) is 0 Å². The van der Waals surface area contributed by atoms with Crippen molar-refractivity contribution in [1.29, 1.82) is 0 Å². The van der Waals surface area contributed by atoms with Crippen molar-refractivity contribution < 1.29 is 19.7 Å². The van der Waals surface area contributed by atoms with Gasteiger partial charge < -0.3 is 14.9 Å². The highest BCUT2D eigenvalue weighted by Crippen LogP contribution is 2.52. The van der Waals surface area contributed by atoms with E-state index in [0.717, 1.165) is 0 Å². The van der Waals surface area contributed by atoms with Gasteiger partial charge in [0.05, 0.1) is 12.0 Å². The number of carbonyl (C=O) groups excluding carboxylic acids is 1. The van der Waals surface area contributed by atoms with Crippen LogP contribution >= 0.6 is 0 Å². The van der Waals surface area contributed by atoms with Crippen LogP contribution in [0.15, 0.2) is 0 Å². The van der Waals surface area contributed by atoms with Crippen LogP contribution in [0.25, 0.3) is 0 Å². The summed E-state index contributed by atoms with van der Waals surface area (Å²) >= 11 is 0. The number of hydrogen-bond donors (Lipinski definition) is 2. The number of aliphatic hydroxyl groups excluding tert-OH is 2. The summed E-state index contributed by atoms with van der Waals surface area (Å²) in [7, 11) is 0. The molecule has 18 heavy (non-hydrogen) atoms.